The molecule has 0 bridgehead atoms. The maximum absolute atomic E-state index is 5.97. The second-order valence-corrected chi connectivity index (χ2v) is 15.3. The van der Waals surface area contributed by atoms with Crippen LogP contribution in [-0.4, -0.2) is 75.7 Å². The third-order valence-corrected chi connectivity index (χ3v) is 8.32. The Labute approximate surface area is 211 Å². The molecule has 1 aliphatic rings. The quantitative estimate of drug-likeness (QED) is 0.375. The topological polar surface area (TPSA) is 65.3 Å². The number of imidazole rings is 1. The van der Waals surface area contributed by atoms with Crippen LogP contribution in [0, 0.1) is 19.8 Å². The van der Waals surface area contributed by atoms with Gasteiger partial charge < -0.3 is 9.47 Å². The molecule has 8 heteroatoms. The average molecular weight is 500 g/mol. The van der Waals surface area contributed by atoms with E-state index in [9.17, 15) is 0 Å². The Morgan fingerprint density at radius 1 is 1.14 bits per heavy atom. The normalized spacial score (nSPS) is 18.3. The van der Waals surface area contributed by atoms with Crippen LogP contribution < -0.4 is 4.74 Å². The van der Waals surface area contributed by atoms with E-state index in [-0.39, 0.29) is 0 Å². The molecule has 0 radical (unpaired) electrons. The molecule has 1 aliphatic heterocycles. The molecule has 0 spiro atoms. The molecule has 7 nitrogen and oxygen atoms in total. The number of aromatic nitrogens is 4. The Morgan fingerprint density at radius 3 is 2.69 bits per heavy atom. The van der Waals surface area contributed by atoms with Crippen molar-refractivity contribution >= 4 is 21.2 Å². The van der Waals surface area contributed by atoms with E-state index in [1.807, 2.05) is 20.0 Å². The zero-order valence-electron chi connectivity index (χ0n) is 22.4. The Morgan fingerprint density at radius 2 is 1.94 bits per heavy atom. The number of likely N-dealkylation sites (tertiary alicyclic amines) is 1. The van der Waals surface area contributed by atoms with Gasteiger partial charge in [0, 0.05) is 36.3 Å². The van der Waals surface area contributed by atoms with Gasteiger partial charge in [0.15, 0.2) is 5.65 Å². The molecule has 1 saturated heterocycles. The molecule has 0 saturated carbocycles. The van der Waals surface area contributed by atoms with Crippen molar-refractivity contribution in [3.8, 4) is 5.88 Å². The third kappa shape index (κ3) is 6.54. The third-order valence-electron chi connectivity index (χ3n) is 6.93. The summed E-state index contributed by atoms with van der Waals surface area (Å²) < 4.78 is 13.4. The molecule has 192 valence electrons. The lowest BCUT2D eigenvalue weighted by molar-refractivity contribution is 0.0906. The van der Waals surface area contributed by atoms with Gasteiger partial charge in [0.2, 0.25) is 5.88 Å². The van der Waals surface area contributed by atoms with E-state index in [0.29, 0.717) is 24.6 Å². The summed E-state index contributed by atoms with van der Waals surface area (Å²) in [5, 5.41) is 0. The number of nitrogens with zero attached hydrogens (tertiary/aromatic N) is 5. The van der Waals surface area contributed by atoms with Gasteiger partial charge in [0.25, 0.3) is 0 Å². The highest BCUT2D eigenvalue weighted by molar-refractivity contribution is 8.32. The van der Waals surface area contributed by atoms with Crippen molar-refractivity contribution in [2.24, 2.45) is 5.92 Å². The minimum absolute atomic E-state index is 0.307. The second kappa shape index (κ2) is 10.8. The fourth-order valence-corrected chi connectivity index (χ4v) is 5.46. The van der Waals surface area contributed by atoms with Gasteiger partial charge >= 0.3 is 0 Å². The van der Waals surface area contributed by atoms with Gasteiger partial charge in [-0.3, -0.25) is 9.47 Å². The average Bonchev–Trinajstić information content (AvgIpc) is 3.38. The van der Waals surface area contributed by atoms with Crippen LogP contribution >= 0.6 is 10.0 Å². The molecule has 2 atom stereocenters. The largest absolute Gasteiger partial charge is 0.481 e. The van der Waals surface area contributed by atoms with Crippen LogP contribution in [0.2, 0.25) is 0 Å². The van der Waals surface area contributed by atoms with Crippen LogP contribution in [-0.2, 0) is 17.9 Å². The van der Waals surface area contributed by atoms with Gasteiger partial charge in [0.1, 0.15) is 18.1 Å². The lowest BCUT2D eigenvalue weighted by atomic mass is 9.99. The summed E-state index contributed by atoms with van der Waals surface area (Å²) in [5.74, 6) is 3.40. The molecule has 35 heavy (non-hydrogen) atoms. The molecule has 0 amide bonds. The summed E-state index contributed by atoms with van der Waals surface area (Å²) in [5.41, 5.74) is 5.40. The van der Waals surface area contributed by atoms with E-state index >= 15 is 0 Å². The highest BCUT2D eigenvalue weighted by Gasteiger charge is 2.27. The predicted molar refractivity (Wildman–Crippen MR) is 146 cm³/mol. The van der Waals surface area contributed by atoms with Crippen LogP contribution in [0.25, 0.3) is 11.2 Å². The highest BCUT2D eigenvalue weighted by atomic mass is 32.3. The minimum atomic E-state index is -0.547. The first-order chi connectivity index (χ1) is 16.6. The van der Waals surface area contributed by atoms with E-state index in [1.54, 1.807) is 7.11 Å². The zero-order chi connectivity index (χ0) is 25.2. The van der Waals surface area contributed by atoms with Gasteiger partial charge in [-0.25, -0.2) is 25.0 Å². The van der Waals surface area contributed by atoms with Crippen LogP contribution in [0.4, 0.5) is 0 Å². The summed E-state index contributed by atoms with van der Waals surface area (Å²) in [7, 11) is 1.13. The minimum Gasteiger partial charge on any atom is -0.481 e. The van der Waals surface area contributed by atoms with E-state index in [2.05, 4.69) is 58.3 Å². The number of methoxy groups -OCH3 is 1. The molecular weight excluding hydrogens is 458 g/mol. The SMILES string of the molecule is COc1cc(C[C@H]2CCN(C(C)c3cnc4c(c3)nc(C)n4COCCS(C)(C)C)C2)cc(C)n1. The fraction of sp³-hybridized carbons (Fsp3) is 0.593. The van der Waals surface area contributed by atoms with Crippen LogP contribution in [0.3, 0.4) is 0 Å². The number of aryl methyl sites for hydroxylation is 2. The first kappa shape index (κ1) is 25.9. The maximum Gasteiger partial charge on any atom is 0.213 e. The molecule has 0 aromatic carbocycles. The zero-order valence-corrected chi connectivity index (χ0v) is 23.2. The van der Waals surface area contributed by atoms with Crippen LogP contribution in [0.15, 0.2) is 24.4 Å². The molecule has 3 aromatic heterocycles. The number of ether oxygens (including phenoxy) is 2. The first-order valence-corrected chi connectivity index (χ1v) is 15.5. The van der Waals surface area contributed by atoms with E-state index in [1.165, 1.54) is 17.5 Å². The molecular formula is C27H41N5O2S. The van der Waals surface area contributed by atoms with Crippen molar-refractivity contribution in [3.63, 3.8) is 0 Å². The molecule has 0 N–H and O–H groups in total. The fourth-order valence-electron chi connectivity index (χ4n) is 4.84. The van der Waals surface area contributed by atoms with Crippen molar-refractivity contribution < 1.29 is 9.47 Å². The number of rotatable bonds is 10. The van der Waals surface area contributed by atoms with Gasteiger partial charge in [0.05, 0.1) is 13.7 Å². The Hall–Kier alpha value is -2.16. The summed E-state index contributed by atoms with van der Waals surface area (Å²) in [6.45, 7) is 9.81. The van der Waals surface area contributed by atoms with Gasteiger partial charge in [-0.2, -0.15) is 0 Å². The monoisotopic (exact) mass is 499 g/mol. The van der Waals surface area contributed by atoms with Gasteiger partial charge in [-0.15, -0.1) is 0 Å². The molecule has 4 heterocycles. The smallest absolute Gasteiger partial charge is 0.213 e. The Balaban J connectivity index is 1.39. The Bertz CT molecular complexity index is 1160. The van der Waals surface area contributed by atoms with Crippen LogP contribution in [0.1, 0.15) is 42.0 Å². The lowest BCUT2D eigenvalue weighted by Crippen LogP contribution is -2.25. The lowest BCUT2D eigenvalue weighted by Gasteiger charge is -2.25. The summed E-state index contributed by atoms with van der Waals surface area (Å²) in [4.78, 5) is 16.6. The van der Waals surface area contributed by atoms with Gasteiger partial charge in [-0.05, 0) is 88.1 Å². The van der Waals surface area contributed by atoms with Gasteiger partial charge in [-0.1, -0.05) is 0 Å². The maximum atomic E-state index is 5.97. The van der Waals surface area contributed by atoms with Crippen molar-refractivity contribution in [1.82, 2.24) is 24.4 Å². The Kier molecular flexibility index (Phi) is 8.03. The van der Waals surface area contributed by atoms with Crippen molar-refractivity contribution in [3.05, 3.63) is 47.0 Å². The number of hydrogen-bond acceptors (Lipinski definition) is 6. The second-order valence-electron chi connectivity index (χ2n) is 10.7. The van der Waals surface area contributed by atoms with Crippen molar-refractivity contribution in [2.75, 3.05) is 51.3 Å². The van der Waals surface area contributed by atoms with Crippen molar-refractivity contribution in [2.45, 2.75) is 46.4 Å². The summed E-state index contributed by atoms with van der Waals surface area (Å²) in [6.07, 6.45) is 11.2. The number of hydrogen-bond donors (Lipinski definition) is 0. The van der Waals surface area contributed by atoms with Crippen molar-refractivity contribution in [1.29, 1.82) is 0 Å². The molecule has 1 fully saturated rings. The first-order valence-electron chi connectivity index (χ1n) is 12.4. The van der Waals surface area contributed by atoms with E-state index in [0.717, 1.165) is 54.6 Å². The van der Waals surface area contributed by atoms with E-state index in [4.69, 9.17) is 19.4 Å². The predicted octanol–water partition coefficient (Wildman–Crippen LogP) is 4.75. The summed E-state index contributed by atoms with van der Waals surface area (Å²) in [6, 6.07) is 6.77. The van der Waals surface area contributed by atoms with Crippen LogP contribution in [0.5, 0.6) is 5.88 Å². The summed E-state index contributed by atoms with van der Waals surface area (Å²) >= 11 is 0. The molecule has 1 unspecified atom stereocenters. The number of pyridine rings is 2. The molecule has 4 rings (SSSR count). The highest BCUT2D eigenvalue weighted by Crippen LogP contribution is 2.34. The molecule has 0 aliphatic carbocycles. The standard InChI is InChI=1S/C27H41N5O2S/c1-19-12-23(14-26(29-19)33-4)13-22-8-9-31(17-22)20(2)24-15-25-27(28-16-24)32(21(3)30-25)18-34-10-11-35(5,6)7/h12,14-16,20,22H,8-11,13,17-18H2,1-7H3/t20?,22-/m1/s1. The van der Waals surface area contributed by atoms with E-state index < -0.39 is 10.0 Å². The molecule has 3 aromatic rings. The number of fused-ring (bicyclic) bond motifs is 1.